The molecule has 1 unspecified atom stereocenters. The summed E-state index contributed by atoms with van der Waals surface area (Å²) in [6.45, 7) is 1.89. The van der Waals surface area contributed by atoms with Crippen LogP contribution in [0.2, 0.25) is 5.02 Å². The fourth-order valence-corrected chi connectivity index (χ4v) is 2.04. The van der Waals surface area contributed by atoms with Crippen LogP contribution < -0.4 is 9.47 Å². The van der Waals surface area contributed by atoms with Crippen LogP contribution in [-0.2, 0) is 0 Å². The highest BCUT2D eigenvalue weighted by molar-refractivity contribution is 6.30. The third-order valence-corrected chi connectivity index (χ3v) is 3.18. The Labute approximate surface area is 122 Å². The summed E-state index contributed by atoms with van der Waals surface area (Å²) >= 11 is 5.97. The second-order valence-corrected chi connectivity index (χ2v) is 4.65. The summed E-state index contributed by atoms with van der Waals surface area (Å²) < 4.78 is 10.1. The summed E-state index contributed by atoms with van der Waals surface area (Å²) in [5.74, 6) is 0.539. The van der Waals surface area contributed by atoms with Gasteiger partial charge in [0.15, 0.2) is 0 Å². The second kappa shape index (κ2) is 6.07. The summed E-state index contributed by atoms with van der Waals surface area (Å²) in [5, 5.41) is 11.0. The molecule has 1 heterocycles. The standard InChI is InChI=1S/C14H15ClN2O3/c1-8-4-5-9(15)6-10(8)13(18)12-14(20-3)17-11(19-2)7-16-12/h4-7,13,18H,1-3H3. The maximum atomic E-state index is 10.5. The van der Waals surface area contributed by atoms with Gasteiger partial charge in [-0.1, -0.05) is 17.7 Å². The van der Waals surface area contributed by atoms with Crippen LogP contribution in [0.3, 0.4) is 0 Å². The predicted octanol–water partition coefficient (Wildman–Crippen LogP) is 2.54. The van der Waals surface area contributed by atoms with Gasteiger partial charge in [-0.25, -0.2) is 4.98 Å². The van der Waals surface area contributed by atoms with Crippen LogP contribution in [0.15, 0.2) is 24.4 Å². The summed E-state index contributed by atoms with van der Waals surface area (Å²) in [5.41, 5.74) is 1.88. The topological polar surface area (TPSA) is 64.5 Å². The van der Waals surface area contributed by atoms with Gasteiger partial charge in [0.2, 0.25) is 11.8 Å². The van der Waals surface area contributed by atoms with Gasteiger partial charge in [0.05, 0.1) is 20.4 Å². The number of rotatable bonds is 4. The van der Waals surface area contributed by atoms with E-state index in [0.717, 1.165) is 5.56 Å². The molecule has 0 radical (unpaired) electrons. The highest BCUT2D eigenvalue weighted by atomic mass is 35.5. The molecule has 0 fully saturated rings. The molecule has 0 saturated carbocycles. The Morgan fingerprint density at radius 2 is 2.00 bits per heavy atom. The number of hydrogen-bond donors (Lipinski definition) is 1. The molecule has 2 rings (SSSR count). The largest absolute Gasteiger partial charge is 0.480 e. The van der Waals surface area contributed by atoms with Crippen LogP contribution in [0.4, 0.5) is 0 Å². The van der Waals surface area contributed by atoms with Crippen LogP contribution in [0.5, 0.6) is 11.8 Å². The first-order valence-electron chi connectivity index (χ1n) is 5.96. The van der Waals surface area contributed by atoms with Crippen molar-refractivity contribution in [3.8, 4) is 11.8 Å². The Bertz CT molecular complexity index is 619. The van der Waals surface area contributed by atoms with E-state index in [1.807, 2.05) is 13.0 Å². The maximum absolute atomic E-state index is 10.5. The number of aromatic nitrogens is 2. The third kappa shape index (κ3) is 2.84. The van der Waals surface area contributed by atoms with Crippen LogP contribution in [-0.4, -0.2) is 29.3 Å². The van der Waals surface area contributed by atoms with E-state index < -0.39 is 6.10 Å². The Balaban J connectivity index is 2.47. The zero-order chi connectivity index (χ0) is 14.7. The first-order chi connectivity index (χ1) is 9.56. The number of benzene rings is 1. The van der Waals surface area contributed by atoms with Crippen LogP contribution in [0, 0.1) is 6.92 Å². The predicted molar refractivity (Wildman–Crippen MR) is 75.4 cm³/mol. The van der Waals surface area contributed by atoms with Crippen molar-refractivity contribution in [1.82, 2.24) is 9.97 Å². The summed E-state index contributed by atoms with van der Waals surface area (Å²) in [6.07, 6.45) is 0.461. The number of ether oxygens (including phenoxy) is 2. The first kappa shape index (κ1) is 14.6. The van der Waals surface area contributed by atoms with Gasteiger partial charge in [-0.3, -0.25) is 0 Å². The van der Waals surface area contributed by atoms with Gasteiger partial charge in [-0.2, -0.15) is 4.98 Å². The monoisotopic (exact) mass is 294 g/mol. The molecule has 0 aliphatic heterocycles. The third-order valence-electron chi connectivity index (χ3n) is 2.94. The number of hydrogen-bond acceptors (Lipinski definition) is 5. The van der Waals surface area contributed by atoms with Gasteiger partial charge in [0.25, 0.3) is 0 Å². The minimum absolute atomic E-state index is 0.219. The van der Waals surface area contributed by atoms with Crippen molar-refractivity contribution in [3.63, 3.8) is 0 Å². The minimum Gasteiger partial charge on any atom is -0.480 e. The van der Waals surface area contributed by atoms with Crippen molar-refractivity contribution in [2.45, 2.75) is 13.0 Å². The van der Waals surface area contributed by atoms with Crippen molar-refractivity contribution in [2.24, 2.45) is 0 Å². The van der Waals surface area contributed by atoms with Crippen molar-refractivity contribution >= 4 is 11.6 Å². The number of aryl methyl sites for hydroxylation is 1. The molecule has 0 aliphatic rings. The van der Waals surface area contributed by atoms with E-state index in [1.54, 1.807) is 12.1 Å². The lowest BCUT2D eigenvalue weighted by Gasteiger charge is -2.16. The van der Waals surface area contributed by atoms with Gasteiger partial charge < -0.3 is 14.6 Å². The van der Waals surface area contributed by atoms with E-state index in [9.17, 15) is 5.11 Å². The fraction of sp³-hybridized carbons (Fsp3) is 0.286. The molecule has 0 amide bonds. The normalized spacial score (nSPS) is 12.1. The molecule has 106 valence electrons. The van der Waals surface area contributed by atoms with E-state index in [0.29, 0.717) is 22.2 Å². The zero-order valence-corrected chi connectivity index (χ0v) is 12.2. The Hall–Kier alpha value is -1.85. The summed E-state index contributed by atoms with van der Waals surface area (Å²) in [6, 6.07) is 5.31. The summed E-state index contributed by atoms with van der Waals surface area (Å²) in [4.78, 5) is 8.27. The van der Waals surface area contributed by atoms with Gasteiger partial charge in [-0.15, -0.1) is 0 Å². The van der Waals surface area contributed by atoms with Crippen molar-refractivity contribution in [1.29, 1.82) is 0 Å². The lowest BCUT2D eigenvalue weighted by Crippen LogP contribution is -2.08. The first-order valence-corrected chi connectivity index (χ1v) is 6.33. The van der Waals surface area contributed by atoms with Crippen LogP contribution in [0.1, 0.15) is 22.9 Å². The van der Waals surface area contributed by atoms with E-state index in [-0.39, 0.29) is 5.88 Å². The van der Waals surface area contributed by atoms with Gasteiger partial charge in [0.1, 0.15) is 11.8 Å². The Kier molecular flexibility index (Phi) is 4.42. The zero-order valence-electron chi connectivity index (χ0n) is 11.4. The maximum Gasteiger partial charge on any atom is 0.241 e. The van der Waals surface area contributed by atoms with Crippen molar-refractivity contribution < 1.29 is 14.6 Å². The lowest BCUT2D eigenvalue weighted by molar-refractivity contribution is 0.206. The highest BCUT2D eigenvalue weighted by Crippen LogP contribution is 2.31. The average Bonchev–Trinajstić information content (AvgIpc) is 2.48. The fourth-order valence-electron chi connectivity index (χ4n) is 1.86. The Morgan fingerprint density at radius 1 is 1.25 bits per heavy atom. The van der Waals surface area contributed by atoms with E-state index in [2.05, 4.69) is 9.97 Å². The van der Waals surface area contributed by atoms with E-state index in [4.69, 9.17) is 21.1 Å². The molecule has 1 N–H and O–H groups in total. The second-order valence-electron chi connectivity index (χ2n) is 4.21. The number of halogens is 1. The van der Waals surface area contributed by atoms with Crippen LogP contribution >= 0.6 is 11.6 Å². The molecular weight excluding hydrogens is 280 g/mol. The smallest absolute Gasteiger partial charge is 0.241 e. The average molecular weight is 295 g/mol. The van der Waals surface area contributed by atoms with Gasteiger partial charge in [0, 0.05) is 5.02 Å². The number of nitrogens with zero attached hydrogens (tertiary/aromatic N) is 2. The molecule has 20 heavy (non-hydrogen) atoms. The molecule has 5 nitrogen and oxygen atoms in total. The highest BCUT2D eigenvalue weighted by Gasteiger charge is 2.21. The Morgan fingerprint density at radius 3 is 2.65 bits per heavy atom. The number of aliphatic hydroxyl groups excluding tert-OH is 1. The molecule has 1 atom stereocenters. The van der Waals surface area contributed by atoms with Crippen molar-refractivity contribution in [2.75, 3.05) is 14.2 Å². The number of aliphatic hydroxyl groups is 1. The van der Waals surface area contributed by atoms with E-state index >= 15 is 0 Å². The minimum atomic E-state index is -0.970. The molecule has 1 aromatic heterocycles. The molecule has 1 aromatic carbocycles. The SMILES string of the molecule is COc1cnc(C(O)c2cc(Cl)ccc2C)c(OC)n1. The van der Waals surface area contributed by atoms with Gasteiger partial charge in [-0.05, 0) is 30.2 Å². The molecular formula is C14H15ClN2O3. The quantitative estimate of drug-likeness (QED) is 0.939. The van der Waals surface area contributed by atoms with E-state index in [1.165, 1.54) is 20.4 Å². The lowest BCUT2D eigenvalue weighted by atomic mass is 10.0. The molecule has 0 saturated heterocycles. The molecule has 2 aromatic rings. The van der Waals surface area contributed by atoms with Crippen molar-refractivity contribution in [3.05, 3.63) is 46.2 Å². The van der Waals surface area contributed by atoms with Gasteiger partial charge >= 0.3 is 0 Å². The molecule has 6 heteroatoms. The molecule has 0 bridgehead atoms. The van der Waals surface area contributed by atoms with Crippen LogP contribution in [0.25, 0.3) is 0 Å². The number of methoxy groups -OCH3 is 2. The molecule has 0 aliphatic carbocycles. The summed E-state index contributed by atoms with van der Waals surface area (Å²) in [7, 11) is 2.95. The molecule has 0 spiro atoms.